The fraction of sp³-hybridized carbons (Fsp3) is 0.333. The van der Waals surface area contributed by atoms with Crippen molar-refractivity contribution in [1.82, 2.24) is 10.2 Å². The maximum absolute atomic E-state index is 12.3. The molecule has 5 nitrogen and oxygen atoms in total. The molecular formula is C15H18ClN3O2. The molecule has 0 unspecified atom stereocenters. The molecule has 0 fully saturated rings. The molecule has 0 saturated carbocycles. The van der Waals surface area contributed by atoms with Gasteiger partial charge >= 0.3 is 0 Å². The van der Waals surface area contributed by atoms with Crippen molar-refractivity contribution in [1.29, 1.82) is 0 Å². The molecular weight excluding hydrogens is 290 g/mol. The number of hydrogen-bond acceptors (Lipinski definition) is 3. The number of amides is 1. The van der Waals surface area contributed by atoms with E-state index in [1.54, 1.807) is 18.2 Å². The molecule has 1 aromatic heterocycles. The topological polar surface area (TPSA) is 67.0 Å². The van der Waals surface area contributed by atoms with Crippen molar-refractivity contribution >= 4 is 23.3 Å². The first kappa shape index (κ1) is 15.4. The Morgan fingerprint density at radius 1 is 1.33 bits per heavy atom. The zero-order valence-electron chi connectivity index (χ0n) is 12.5. The number of nitrogens with one attached hydrogen (secondary N) is 2. The fourth-order valence-corrected chi connectivity index (χ4v) is 1.97. The monoisotopic (exact) mass is 307 g/mol. The van der Waals surface area contributed by atoms with Crippen LogP contribution in [0.1, 0.15) is 36.8 Å². The van der Waals surface area contributed by atoms with Crippen LogP contribution in [0, 0.1) is 0 Å². The van der Waals surface area contributed by atoms with Crippen LogP contribution in [0.5, 0.6) is 5.75 Å². The molecule has 0 aliphatic rings. The van der Waals surface area contributed by atoms with Gasteiger partial charge in [-0.1, -0.05) is 32.4 Å². The van der Waals surface area contributed by atoms with E-state index in [0.717, 1.165) is 5.69 Å². The average Bonchev–Trinajstić information content (AvgIpc) is 2.86. The number of aromatic nitrogens is 2. The number of hydrogen-bond donors (Lipinski definition) is 2. The Bertz CT molecular complexity index is 659. The third-order valence-electron chi connectivity index (χ3n) is 3.04. The summed E-state index contributed by atoms with van der Waals surface area (Å²) in [7, 11) is 1.49. The lowest BCUT2D eigenvalue weighted by atomic mass is 9.92. The largest absolute Gasteiger partial charge is 0.496 e. The number of anilines is 1. The van der Waals surface area contributed by atoms with Crippen molar-refractivity contribution in [3.63, 3.8) is 0 Å². The lowest BCUT2D eigenvalue weighted by Crippen LogP contribution is -2.13. The van der Waals surface area contributed by atoms with E-state index < -0.39 is 0 Å². The summed E-state index contributed by atoms with van der Waals surface area (Å²) in [5, 5.41) is 10.3. The Kier molecular flexibility index (Phi) is 4.23. The molecule has 0 spiro atoms. The van der Waals surface area contributed by atoms with Crippen LogP contribution < -0.4 is 10.1 Å². The molecule has 1 heterocycles. The second-order valence-corrected chi connectivity index (χ2v) is 6.15. The number of halogens is 1. The van der Waals surface area contributed by atoms with E-state index in [1.807, 2.05) is 6.07 Å². The number of methoxy groups -OCH3 is 1. The first-order valence-electron chi connectivity index (χ1n) is 6.52. The first-order valence-corrected chi connectivity index (χ1v) is 6.90. The second kappa shape index (κ2) is 5.77. The minimum absolute atomic E-state index is 0.0616. The number of nitrogens with zero attached hydrogens (tertiary/aromatic N) is 1. The Labute approximate surface area is 128 Å². The van der Waals surface area contributed by atoms with E-state index in [9.17, 15) is 4.79 Å². The van der Waals surface area contributed by atoms with Crippen LogP contribution in [-0.2, 0) is 5.41 Å². The van der Waals surface area contributed by atoms with Gasteiger partial charge in [0.15, 0.2) is 5.82 Å². The number of aromatic amines is 1. The van der Waals surface area contributed by atoms with E-state index in [0.29, 0.717) is 22.2 Å². The van der Waals surface area contributed by atoms with Gasteiger partial charge in [-0.2, -0.15) is 5.10 Å². The van der Waals surface area contributed by atoms with Gasteiger partial charge in [0.05, 0.1) is 12.7 Å². The van der Waals surface area contributed by atoms with Gasteiger partial charge in [0.25, 0.3) is 5.91 Å². The SMILES string of the molecule is COc1cc(Cl)ccc1C(=O)Nc1cc(C(C)(C)C)[nH]n1. The summed E-state index contributed by atoms with van der Waals surface area (Å²) >= 11 is 5.88. The summed E-state index contributed by atoms with van der Waals surface area (Å²) in [6.07, 6.45) is 0. The highest BCUT2D eigenvalue weighted by molar-refractivity contribution is 6.31. The van der Waals surface area contributed by atoms with Crippen molar-refractivity contribution in [2.24, 2.45) is 0 Å². The van der Waals surface area contributed by atoms with E-state index >= 15 is 0 Å². The highest BCUT2D eigenvalue weighted by atomic mass is 35.5. The Balaban J connectivity index is 2.20. The third-order valence-corrected chi connectivity index (χ3v) is 3.27. The van der Waals surface area contributed by atoms with Gasteiger partial charge in [-0.15, -0.1) is 0 Å². The van der Waals surface area contributed by atoms with Gasteiger partial charge in [0, 0.05) is 22.2 Å². The smallest absolute Gasteiger partial charge is 0.260 e. The predicted octanol–water partition coefficient (Wildman–Crippen LogP) is 3.62. The molecule has 0 aliphatic carbocycles. The van der Waals surface area contributed by atoms with E-state index in [2.05, 4.69) is 36.3 Å². The van der Waals surface area contributed by atoms with Gasteiger partial charge < -0.3 is 10.1 Å². The maximum atomic E-state index is 12.3. The number of ether oxygens (including phenoxy) is 1. The summed E-state index contributed by atoms with van der Waals surface area (Å²) in [5.74, 6) is 0.601. The molecule has 2 aromatic rings. The minimum Gasteiger partial charge on any atom is -0.496 e. The second-order valence-electron chi connectivity index (χ2n) is 5.72. The standard InChI is InChI=1S/C15H18ClN3O2/c1-15(2,3)12-8-13(19-18-12)17-14(20)10-6-5-9(16)7-11(10)21-4/h5-8H,1-4H3,(H2,17,18,19,20). The van der Waals surface area contributed by atoms with Gasteiger partial charge in [-0.25, -0.2) is 0 Å². The van der Waals surface area contributed by atoms with Crippen LogP contribution in [0.2, 0.25) is 5.02 Å². The van der Waals surface area contributed by atoms with Crippen LogP contribution in [0.4, 0.5) is 5.82 Å². The lowest BCUT2D eigenvalue weighted by Gasteiger charge is -2.14. The van der Waals surface area contributed by atoms with Gasteiger partial charge in [0.1, 0.15) is 5.75 Å². The zero-order valence-corrected chi connectivity index (χ0v) is 13.2. The highest BCUT2D eigenvalue weighted by Crippen LogP contribution is 2.25. The minimum atomic E-state index is -0.296. The molecule has 2 rings (SSSR count). The molecule has 21 heavy (non-hydrogen) atoms. The number of benzene rings is 1. The third kappa shape index (κ3) is 3.55. The molecule has 6 heteroatoms. The van der Waals surface area contributed by atoms with Crippen LogP contribution in [0.3, 0.4) is 0 Å². The number of H-pyrrole nitrogens is 1. The molecule has 0 radical (unpaired) electrons. The molecule has 0 bridgehead atoms. The Morgan fingerprint density at radius 3 is 2.62 bits per heavy atom. The molecule has 1 aromatic carbocycles. The average molecular weight is 308 g/mol. The van der Waals surface area contributed by atoms with Crippen LogP contribution >= 0.6 is 11.6 Å². The lowest BCUT2D eigenvalue weighted by molar-refractivity contribution is 0.102. The summed E-state index contributed by atoms with van der Waals surface area (Å²) < 4.78 is 5.17. The first-order chi connectivity index (χ1) is 9.81. The van der Waals surface area contributed by atoms with Crippen molar-refractivity contribution in [2.45, 2.75) is 26.2 Å². The van der Waals surface area contributed by atoms with Crippen LogP contribution in [0.25, 0.3) is 0 Å². The Morgan fingerprint density at radius 2 is 2.05 bits per heavy atom. The van der Waals surface area contributed by atoms with E-state index in [4.69, 9.17) is 16.3 Å². The van der Waals surface area contributed by atoms with Crippen LogP contribution in [-0.4, -0.2) is 23.2 Å². The molecule has 0 aliphatic heterocycles. The molecule has 112 valence electrons. The number of carbonyl (C=O) groups is 1. The fourth-order valence-electron chi connectivity index (χ4n) is 1.81. The number of carbonyl (C=O) groups excluding carboxylic acids is 1. The summed E-state index contributed by atoms with van der Waals surface area (Å²) in [4.78, 5) is 12.3. The summed E-state index contributed by atoms with van der Waals surface area (Å²) in [5.41, 5.74) is 1.29. The van der Waals surface area contributed by atoms with Gasteiger partial charge in [0.2, 0.25) is 0 Å². The van der Waals surface area contributed by atoms with Crippen molar-refractivity contribution in [2.75, 3.05) is 12.4 Å². The molecule has 2 N–H and O–H groups in total. The number of rotatable bonds is 3. The normalized spacial score (nSPS) is 11.3. The quantitative estimate of drug-likeness (QED) is 0.910. The molecule has 0 atom stereocenters. The molecule has 0 saturated heterocycles. The molecule has 1 amide bonds. The maximum Gasteiger partial charge on any atom is 0.260 e. The van der Waals surface area contributed by atoms with E-state index in [-0.39, 0.29) is 11.3 Å². The van der Waals surface area contributed by atoms with Crippen LogP contribution in [0.15, 0.2) is 24.3 Å². The van der Waals surface area contributed by atoms with Crippen molar-refractivity contribution in [3.05, 3.63) is 40.5 Å². The Hall–Kier alpha value is -2.01. The zero-order chi connectivity index (χ0) is 15.6. The van der Waals surface area contributed by atoms with Crippen molar-refractivity contribution in [3.8, 4) is 5.75 Å². The van der Waals surface area contributed by atoms with Gasteiger partial charge in [-0.3, -0.25) is 9.89 Å². The van der Waals surface area contributed by atoms with E-state index in [1.165, 1.54) is 7.11 Å². The predicted molar refractivity (Wildman–Crippen MR) is 83.2 cm³/mol. The summed E-state index contributed by atoms with van der Waals surface area (Å²) in [6.45, 7) is 6.19. The van der Waals surface area contributed by atoms with Gasteiger partial charge in [-0.05, 0) is 18.2 Å². The summed E-state index contributed by atoms with van der Waals surface area (Å²) in [6, 6.07) is 6.68. The highest BCUT2D eigenvalue weighted by Gasteiger charge is 2.19. The van der Waals surface area contributed by atoms with Crippen molar-refractivity contribution < 1.29 is 9.53 Å².